The molecule has 0 spiro atoms. The van der Waals surface area contributed by atoms with Gasteiger partial charge >= 0.3 is 0 Å². The normalized spacial score (nSPS) is 10.8. The minimum Gasteiger partial charge on any atom is -0.504 e. The minimum atomic E-state index is -0.0671. The van der Waals surface area contributed by atoms with Gasteiger partial charge in [-0.2, -0.15) is 9.61 Å². The highest BCUT2D eigenvalue weighted by molar-refractivity contribution is 6.29. The van der Waals surface area contributed by atoms with Crippen LogP contribution in [0.3, 0.4) is 0 Å². The topological polar surface area (TPSA) is 101 Å². The molecule has 3 aromatic heterocycles. The van der Waals surface area contributed by atoms with Gasteiger partial charge in [0.25, 0.3) is 0 Å². The van der Waals surface area contributed by atoms with Crippen molar-refractivity contribution in [3.8, 4) is 5.75 Å². The predicted molar refractivity (Wildman–Crippen MR) is 71.6 cm³/mol. The van der Waals surface area contributed by atoms with Crippen LogP contribution in [0.2, 0.25) is 5.15 Å². The van der Waals surface area contributed by atoms with Gasteiger partial charge in [-0.3, -0.25) is 0 Å². The summed E-state index contributed by atoms with van der Waals surface area (Å²) in [6, 6.07) is 4.86. The average Bonchev–Trinajstić information content (AvgIpc) is 2.82. The molecule has 0 saturated carbocycles. The van der Waals surface area contributed by atoms with Crippen LogP contribution in [0, 0.1) is 0 Å². The maximum atomic E-state index is 9.33. The number of halogens is 1. The van der Waals surface area contributed by atoms with Gasteiger partial charge in [-0.05, 0) is 0 Å². The van der Waals surface area contributed by atoms with E-state index in [1.165, 1.54) is 12.3 Å². The van der Waals surface area contributed by atoms with Crippen LogP contribution >= 0.6 is 11.6 Å². The second-order valence-electron chi connectivity index (χ2n) is 3.82. The van der Waals surface area contributed by atoms with Crippen LogP contribution in [0.15, 0.2) is 30.6 Å². The molecule has 8 heteroatoms. The van der Waals surface area contributed by atoms with Gasteiger partial charge in [-0.1, -0.05) is 11.6 Å². The third-order valence-corrected chi connectivity index (χ3v) is 2.69. The van der Waals surface area contributed by atoms with Crippen LogP contribution < -0.4 is 11.1 Å². The molecule has 0 radical (unpaired) electrons. The van der Waals surface area contributed by atoms with E-state index in [1.54, 1.807) is 22.8 Å². The van der Waals surface area contributed by atoms with Crippen molar-refractivity contribution in [1.29, 1.82) is 0 Å². The lowest BCUT2D eigenvalue weighted by Gasteiger charge is -2.08. The number of nitrogens with one attached hydrogen (secondary N) is 1. The first-order valence-electron chi connectivity index (χ1n) is 5.35. The Labute approximate surface area is 112 Å². The summed E-state index contributed by atoms with van der Waals surface area (Å²) >= 11 is 5.93. The van der Waals surface area contributed by atoms with Gasteiger partial charge in [0, 0.05) is 18.2 Å². The molecule has 0 aliphatic rings. The molecule has 96 valence electrons. The van der Waals surface area contributed by atoms with E-state index in [4.69, 9.17) is 17.3 Å². The van der Waals surface area contributed by atoms with Crippen molar-refractivity contribution in [2.75, 3.05) is 11.1 Å². The maximum Gasteiger partial charge on any atom is 0.159 e. The van der Waals surface area contributed by atoms with Crippen molar-refractivity contribution >= 4 is 34.6 Å². The highest BCUT2D eigenvalue weighted by Gasteiger charge is 2.07. The fourth-order valence-corrected chi connectivity index (χ4v) is 1.82. The van der Waals surface area contributed by atoms with Crippen molar-refractivity contribution in [3.63, 3.8) is 0 Å². The largest absolute Gasteiger partial charge is 0.504 e. The lowest BCUT2D eigenvalue weighted by molar-refractivity contribution is 0.475. The second-order valence-corrected chi connectivity index (χ2v) is 4.21. The molecule has 0 amide bonds. The Morgan fingerprint density at radius 1 is 1.37 bits per heavy atom. The monoisotopic (exact) mass is 276 g/mol. The van der Waals surface area contributed by atoms with Crippen LogP contribution in [0.25, 0.3) is 5.65 Å². The van der Waals surface area contributed by atoms with Gasteiger partial charge in [0.2, 0.25) is 0 Å². The van der Waals surface area contributed by atoms with Crippen molar-refractivity contribution in [2.45, 2.75) is 0 Å². The predicted octanol–water partition coefficient (Wildman–Crippen LogP) is 1.81. The summed E-state index contributed by atoms with van der Waals surface area (Å²) in [5.41, 5.74) is 6.45. The Morgan fingerprint density at radius 2 is 2.21 bits per heavy atom. The molecule has 0 saturated heterocycles. The Hall–Kier alpha value is -2.54. The van der Waals surface area contributed by atoms with Crippen molar-refractivity contribution in [2.24, 2.45) is 0 Å². The van der Waals surface area contributed by atoms with Gasteiger partial charge in [-0.15, -0.1) is 0 Å². The van der Waals surface area contributed by atoms with Crippen LogP contribution in [-0.4, -0.2) is 24.7 Å². The molecule has 19 heavy (non-hydrogen) atoms. The Balaban J connectivity index is 2.04. The Morgan fingerprint density at radius 3 is 3.00 bits per heavy atom. The van der Waals surface area contributed by atoms with Crippen molar-refractivity contribution in [1.82, 2.24) is 19.6 Å². The van der Waals surface area contributed by atoms with E-state index in [2.05, 4.69) is 20.4 Å². The molecule has 4 N–H and O–H groups in total. The Bertz CT molecular complexity index is 756. The van der Waals surface area contributed by atoms with E-state index in [1.807, 2.05) is 0 Å². The summed E-state index contributed by atoms with van der Waals surface area (Å²) in [5, 5.41) is 16.8. The van der Waals surface area contributed by atoms with Crippen molar-refractivity contribution in [3.05, 3.63) is 35.7 Å². The second kappa shape index (κ2) is 4.29. The van der Waals surface area contributed by atoms with Gasteiger partial charge < -0.3 is 16.2 Å². The molecule has 0 aliphatic carbocycles. The highest BCUT2D eigenvalue weighted by atomic mass is 35.5. The SMILES string of the molecule is Nc1cc(Nc2cc(Cl)nc3ccnn23)ncc1O. The molecule has 0 aromatic carbocycles. The molecule has 0 bridgehead atoms. The first-order valence-corrected chi connectivity index (χ1v) is 5.73. The zero-order chi connectivity index (χ0) is 13.4. The van der Waals surface area contributed by atoms with E-state index < -0.39 is 0 Å². The number of aromatic hydroxyl groups is 1. The fourth-order valence-electron chi connectivity index (χ4n) is 1.63. The van der Waals surface area contributed by atoms with Crippen LogP contribution in [0.4, 0.5) is 17.3 Å². The molecule has 0 atom stereocenters. The number of hydrogen-bond donors (Lipinski definition) is 3. The van der Waals surface area contributed by atoms with E-state index in [0.29, 0.717) is 22.4 Å². The number of aromatic nitrogens is 4. The summed E-state index contributed by atoms with van der Waals surface area (Å²) in [7, 11) is 0. The maximum absolute atomic E-state index is 9.33. The molecule has 3 aromatic rings. The fraction of sp³-hybridized carbons (Fsp3) is 0. The van der Waals surface area contributed by atoms with Crippen LogP contribution in [-0.2, 0) is 0 Å². The molecule has 3 rings (SSSR count). The van der Waals surface area contributed by atoms with Gasteiger partial charge in [0.15, 0.2) is 11.4 Å². The third-order valence-electron chi connectivity index (χ3n) is 2.50. The highest BCUT2D eigenvalue weighted by Crippen LogP contribution is 2.24. The van der Waals surface area contributed by atoms with E-state index in [0.717, 1.165) is 0 Å². The zero-order valence-corrected chi connectivity index (χ0v) is 10.3. The molecule has 7 nitrogen and oxygen atoms in total. The van der Waals surface area contributed by atoms with E-state index >= 15 is 0 Å². The first kappa shape index (κ1) is 11.5. The number of nitrogens with zero attached hydrogens (tertiary/aromatic N) is 4. The number of anilines is 3. The molecular formula is C11H9ClN6O. The van der Waals surface area contributed by atoms with Crippen LogP contribution in [0.1, 0.15) is 0 Å². The summed E-state index contributed by atoms with van der Waals surface area (Å²) in [6.45, 7) is 0. The number of nitrogens with two attached hydrogens (primary N) is 1. The summed E-state index contributed by atoms with van der Waals surface area (Å²) in [4.78, 5) is 8.12. The molecule has 0 aliphatic heterocycles. The summed E-state index contributed by atoms with van der Waals surface area (Å²) in [5.74, 6) is 0.995. The number of fused-ring (bicyclic) bond motifs is 1. The summed E-state index contributed by atoms with van der Waals surface area (Å²) in [6.07, 6.45) is 2.88. The van der Waals surface area contributed by atoms with E-state index in [9.17, 15) is 5.11 Å². The molecule has 0 unspecified atom stereocenters. The number of nitrogen functional groups attached to an aromatic ring is 1. The van der Waals surface area contributed by atoms with Gasteiger partial charge in [0.05, 0.1) is 18.1 Å². The van der Waals surface area contributed by atoms with Gasteiger partial charge in [-0.25, -0.2) is 9.97 Å². The van der Waals surface area contributed by atoms with Crippen molar-refractivity contribution < 1.29 is 5.11 Å². The Kier molecular flexibility index (Phi) is 2.60. The van der Waals surface area contributed by atoms with Gasteiger partial charge in [0.1, 0.15) is 16.8 Å². The lowest BCUT2D eigenvalue weighted by Crippen LogP contribution is -2.03. The lowest BCUT2D eigenvalue weighted by atomic mass is 10.3. The standard InChI is InChI=1S/C11H9ClN6O/c12-8-4-11(18-10(16-8)1-2-15-18)17-9-3-6(13)7(19)5-14-9/h1-5,19H,(H3,13,14,17). The summed E-state index contributed by atoms with van der Waals surface area (Å²) < 4.78 is 1.58. The molecule has 3 heterocycles. The van der Waals surface area contributed by atoms with Crippen LogP contribution in [0.5, 0.6) is 5.75 Å². The number of rotatable bonds is 2. The quantitative estimate of drug-likeness (QED) is 0.617. The third kappa shape index (κ3) is 2.11. The zero-order valence-electron chi connectivity index (χ0n) is 9.58. The molecular weight excluding hydrogens is 268 g/mol. The minimum absolute atomic E-state index is 0.0671. The van der Waals surface area contributed by atoms with E-state index in [-0.39, 0.29) is 11.4 Å². The smallest absolute Gasteiger partial charge is 0.159 e. The molecule has 0 fully saturated rings. The first-order chi connectivity index (χ1) is 9.13. The number of hydrogen-bond acceptors (Lipinski definition) is 6. The average molecular weight is 277 g/mol. The number of pyridine rings is 1.